The second-order valence-electron chi connectivity index (χ2n) is 6.65. The molecule has 0 aromatic heterocycles. The molecule has 0 saturated carbocycles. The van der Waals surface area contributed by atoms with Crippen molar-refractivity contribution in [3.63, 3.8) is 0 Å². The van der Waals surface area contributed by atoms with E-state index in [0.717, 1.165) is 16.7 Å². The lowest BCUT2D eigenvalue weighted by molar-refractivity contribution is 0.102. The number of carbonyl (C=O) groups is 1. The number of amides is 1. The van der Waals surface area contributed by atoms with E-state index < -0.39 is 10.0 Å². The van der Waals surface area contributed by atoms with E-state index in [0.29, 0.717) is 11.3 Å². The number of anilines is 1. The van der Waals surface area contributed by atoms with Crippen molar-refractivity contribution in [2.24, 2.45) is 0 Å². The highest BCUT2D eigenvalue weighted by Crippen LogP contribution is 2.14. The molecule has 0 fully saturated rings. The molecule has 0 bridgehead atoms. The van der Waals surface area contributed by atoms with Crippen molar-refractivity contribution in [2.75, 3.05) is 5.32 Å². The Labute approximate surface area is 165 Å². The van der Waals surface area contributed by atoms with Crippen LogP contribution in [0.1, 0.15) is 27.0 Å². The first-order chi connectivity index (χ1) is 13.3. The van der Waals surface area contributed by atoms with E-state index in [-0.39, 0.29) is 17.3 Å². The highest BCUT2D eigenvalue weighted by Gasteiger charge is 2.15. The third kappa shape index (κ3) is 5.06. The van der Waals surface area contributed by atoms with Gasteiger partial charge in [-0.05, 0) is 55.8 Å². The number of carbonyl (C=O) groups excluding carboxylic acids is 1. The zero-order valence-electron chi connectivity index (χ0n) is 15.8. The molecular formula is C22H22N2O3S. The van der Waals surface area contributed by atoms with Gasteiger partial charge in [-0.15, -0.1) is 0 Å². The number of benzene rings is 3. The van der Waals surface area contributed by atoms with Crippen molar-refractivity contribution in [1.82, 2.24) is 4.72 Å². The predicted molar refractivity (Wildman–Crippen MR) is 111 cm³/mol. The van der Waals surface area contributed by atoms with Gasteiger partial charge in [0.2, 0.25) is 10.0 Å². The van der Waals surface area contributed by atoms with Crippen molar-refractivity contribution in [3.05, 3.63) is 95.1 Å². The van der Waals surface area contributed by atoms with E-state index in [9.17, 15) is 13.2 Å². The Kier molecular flexibility index (Phi) is 5.92. The van der Waals surface area contributed by atoms with E-state index >= 15 is 0 Å². The van der Waals surface area contributed by atoms with Crippen LogP contribution in [-0.2, 0) is 16.6 Å². The van der Waals surface area contributed by atoms with Crippen molar-refractivity contribution in [2.45, 2.75) is 25.3 Å². The molecule has 0 saturated heterocycles. The van der Waals surface area contributed by atoms with E-state index in [1.807, 2.05) is 62.4 Å². The number of aryl methyl sites for hydroxylation is 2. The van der Waals surface area contributed by atoms with Crippen LogP contribution in [0.15, 0.2) is 77.7 Å². The predicted octanol–water partition coefficient (Wildman–Crippen LogP) is 4.03. The van der Waals surface area contributed by atoms with E-state index in [1.165, 1.54) is 24.3 Å². The van der Waals surface area contributed by atoms with Crippen LogP contribution < -0.4 is 10.0 Å². The summed E-state index contributed by atoms with van der Waals surface area (Å²) in [5, 5.41) is 2.79. The molecule has 3 rings (SSSR count). The van der Waals surface area contributed by atoms with Gasteiger partial charge in [0.15, 0.2) is 0 Å². The molecule has 0 atom stereocenters. The summed E-state index contributed by atoms with van der Waals surface area (Å²) in [7, 11) is -3.66. The smallest absolute Gasteiger partial charge is 0.255 e. The van der Waals surface area contributed by atoms with Crippen LogP contribution in [0.2, 0.25) is 0 Å². The Hall–Kier alpha value is -2.96. The van der Waals surface area contributed by atoms with Crippen molar-refractivity contribution in [3.8, 4) is 0 Å². The summed E-state index contributed by atoms with van der Waals surface area (Å²) in [5.74, 6) is -0.291. The first-order valence-corrected chi connectivity index (χ1v) is 10.4. The average molecular weight is 394 g/mol. The molecule has 3 aromatic rings. The molecule has 0 aliphatic rings. The summed E-state index contributed by atoms with van der Waals surface area (Å²) >= 11 is 0. The normalized spacial score (nSPS) is 11.2. The van der Waals surface area contributed by atoms with Gasteiger partial charge >= 0.3 is 0 Å². The van der Waals surface area contributed by atoms with Crippen molar-refractivity contribution >= 4 is 21.6 Å². The fraction of sp³-hybridized carbons (Fsp3) is 0.136. The number of sulfonamides is 1. The van der Waals surface area contributed by atoms with Gasteiger partial charge < -0.3 is 5.32 Å². The molecule has 2 N–H and O–H groups in total. The SMILES string of the molecule is Cc1ccc(CNS(=O)(=O)c2ccc(C(=O)Nc3ccc(C)cc3)cc2)cc1. The fourth-order valence-corrected chi connectivity index (χ4v) is 3.61. The fourth-order valence-electron chi connectivity index (χ4n) is 2.59. The van der Waals surface area contributed by atoms with Gasteiger partial charge in [-0.2, -0.15) is 0 Å². The average Bonchev–Trinajstić information content (AvgIpc) is 2.69. The maximum Gasteiger partial charge on any atom is 0.255 e. The third-order valence-corrected chi connectivity index (χ3v) is 5.74. The summed E-state index contributed by atoms with van der Waals surface area (Å²) in [5.41, 5.74) is 4.17. The van der Waals surface area contributed by atoms with Crippen LogP contribution in [0.3, 0.4) is 0 Å². The first-order valence-electron chi connectivity index (χ1n) is 8.87. The summed E-state index contributed by atoms with van der Waals surface area (Å²) in [6.07, 6.45) is 0. The Bertz CT molecular complexity index is 1060. The number of rotatable bonds is 6. The Morgan fingerprint density at radius 1 is 0.786 bits per heavy atom. The summed E-state index contributed by atoms with van der Waals surface area (Å²) < 4.78 is 27.5. The van der Waals surface area contributed by atoms with Crippen molar-refractivity contribution in [1.29, 1.82) is 0 Å². The van der Waals surface area contributed by atoms with Crippen LogP contribution in [0.4, 0.5) is 5.69 Å². The maximum absolute atomic E-state index is 12.5. The molecule has 5 nitrogen and oxygen atoms in total. The minimum absolute atomic E-state index is 0.117. The topological polar surface area (TPSA) is 75.3 Å². The second kappa shape index (κ2) is 8.37. The lowest BCUT2D eigenvalue weighted by Crippen LogP contribution is -2.23. The molecule has 28 heavy (non-hydrogen) atoms. The van der Waals surface area contributed by atoms with Gasteiger partial charge in [-0.25, -0.2) is 13.1 Å². The highest BCUT2D eigenvalue weighted by atomic mass is 32.2. The number of nitrogens with one attached hydrogen (secondary N) is 2. The number of hydrogen-bond donors (Lipinski definition) is 2. The van der Waals surface area contributed by atoms with Gasteiger partial charge in [0.25, 0.3) is 5.91 Å². The van der Waals surface area contributed by atoms with Gasteiger partial charge in [-0.3, -0.25) is 4.79 Å². The third-order valence-electron chi connectivity index (χ3n) is 4.32. The van der Waals surface area contributed by atoms with Gasteiger partial charge in [-0.1, -0.05) is 47.5 Å². The van der Waals surface area contributed by atoms with E-state index in [2.05, 4.69) is 10.0 Å². The molecule has 0 radical (unpaired) electrons. The summed E-state index contributed by atoms with van der Waals surface area (Å²) in [6, 6.07) is 21.0. The summed E-state index contributed by atoms with van der Waals surface area (Å²) in [6.45, 7) is 4.15. The molecule has 0 heterocycles. The van der Waals surface area contributed by atoms with Crippen molar-refractivity contribution < 1.29 is 13.2 Å². The quantitative estimate of drug-likeness (QED) is 0.663. The van der Waals surface area contributed by atoms with Gasteiger partial charge in [0.1, 0.15) is 0 Å². The Balaban J connectivity index is 1.65. The first kappa shape index (κ1) is 19.8. The molecule has 0 aliphatic heterocycles. The van der Waals surface area contributed by atoms with Gasteiger partial charge in [0.05, 0.1) is 4.90 Å². The van der Waals surface area contributed by atoms with Crippen LogP contribution in [0, 0.1) is 13.8 Å². The molecule has 0 unspecified atom stereocenters. The molecule has 0 aliphatic carbocycles. The van der Waals surface area contributed by atoms with E-state index in [4.69, 9.17) is 0 Å². The molecule has 1 amide bonds. The summed E-state index contributed by atoms with van der Waals surface area (Å²) in [4.78, 5) is 12.4. The standard InChI is InChI=1S/C22H22N2O3S/c1-16-3-7-18(8-4-16)15-23-28(26,27)21-13-9-19(10-14-21)22(25)24-20-11-5-17(2)6-12-20/h3-14,23H,15H2,1-2H3,(H,24,25). The van der Waals surface area contributed by atoms with Crippen LogP contribution in [0.25, 0.3) is 0 Å². The lowest BCUT2D eigenvalue weighted by Gasteiger charge is -2.09. The minimum Gasteiger partial charge on any atom is -0.322 e. The second-order valence-corrected chi connectivity index (χ2v) is 8.42. The zero-order chi connectivity index (χ0) is 20.1. The van der Waals surface area contributed by atoms with Crippen LogP contribution >= 0.6 is 0 Å². The zero-order valence-corrected chi connectivity index (χ0v) is 16.6. The molecule has 3 aromatic carbocycles. The Morgan fingerprint density at radius 3 is 1.89 bits per heavy atom. The molecule has 6 heteroatoms. The molecule has 144 valence electrons. The van der Waals surface area contributed by atoms with Crippen LogP contribution in [0.5, 0.6) is 0 Å². The lowest BCUT2D eigenvalue weighted by atomic mass is 10.2. The Morgan fingerprint density at radius 2 is 1.32 bits per heavy atom. The van der Waals surface area contributed by atoms with Gasteiger partial charge in [0, 0.05) is 17.8 Å². The molecule has 0 spiro atoms. The monoisotopic (exact) mass is 394 g/mol. The van der Waals surface area contributed by atoms with Crippen LogP contribution in [-0.4, -0.2) is 14.3 Å². The van der Waals surface area contributed by atoms with E-state index in [1.54, 1.807) is 0 Å². The highest BCUT2D eigenvalue weighted by molar-refractivity contribution is 7.89. The maximum atomic E-state index is 12.5. The minimum atomic E-state index is -3.66. The number of hydrogen-bond acceptors (Lipinski definition) is 3. The largest absolute Gasteiger partial charge is 0.322 e. The molecular weight excluding hydrogens is 372 g/mol.